The van der Waals surface area contributed by atoms with Gasteiger partial charge in [-0.05, 0) is 67.8 Å². The van der Waals surface area contributed by atoms with Crippen LogP contribution in [0.15, 0.2) is 47.8 Å². The average molecular weight is 470 g/mol. The summed E-state index contributed by atoms with van der Waals surface area (Å²) in [7, 11) is 1.84. The number of amides is 2. The molecule has 1 fully saturated rings. The summed E-state index contributed by atoms with van der Waals surface area (Å²) >= 11 is 1.81. The Morgan fingerprint density at radius 2 is 2.24 bits per heavy atom. The van der Waals surface area contributed by atoms with Crippen molar-refractivity contribution in [2.45, 2.75) is 32.2 Å². The van der Waals surface area contributed by atoms with Crippen molar-refractivity contribution >= 4 is 17.4 Å². The number of rotatable bonds is 9. The Morgan fingerprint density at radius 3 is 3.06 bits per heavy atom. The van der Waals surface area contributed by atoms with Crippen LogP contribution in [0.1, 0.15) is 29.8 Å². The van der Waals surface area contributed by atoms with Gasteiger partial charge in [0.25, 0.3) is 0 Å². The molecule has 0 unspecified atom stereocenters. The van der Waals surface area contributed by atoms with Gasteiger partial charge in [-0.3, -0.25) is 10.00 Å². The normalized spacial score (nSPS) is 16.6. The van der Waals surface area contributed by atoms with Gasteiger partial charge in [-0.25, -0.2) is 9.18 Å². The van der Waals surface area contributed by atoms with Gasteiger partial charge in [0.15, 0.2) is 0 Å². The Labute approximate surface area is 198 Å². The van der Waals surface area contributed by atoms with E-state index in [9.17, 15) is 9.18 Å². The number of carbonyl (C=O) groups is 1. The first-order valence-electron chi connectivity index (χ1n) is 11.6. The number of likely N-dealkylation sites (tertiary alicyclic amines) is 1. The highest BCUT2D eigenvalue weighted by molar-refractivity contribution is 7.09. The molecule has 0 spiro atoms. The third kappa shape index (κ3) is 6.88. The standard InChI is InChI=1S/C25H32FN5OS/c1-30(11-4-9-22-15-24(29-28-22)20-7-2-8-21(26)14-20)25(32)27-16-19-6-3-12-31(17-19)18-23-10-5-13-33-23/h2,5,7-8,10,13-15,19H,3-4,6,9,11-12,16-18H2,1H3,(H,27,32)(H,28,29)/t19-/m1/s1. The van der Waals surface area contributed by atoms with Crippen LogP contribution in [0.3, 0.4) is 0 Å². The number of H-pyrrole nitrogens is 1. The number of hydrogen-bond donors (Lipinski definition) is 2. The Morgan fingerprint density at radius 1 is 1.33 bits per heavy atom. The van der Waals surface area contributed by atoms with Gasteiger partial charge in [0.2, 0.25) is 0 Å². The Kier molecular flexibility index (Phi) is 8.12. The fourth-order valence-corrected chi connectivity index (χ4v) is 5.09. The lowest BCUT2D eigenvalue weighted by Gasteiger charge is -2.32. The predicted octanol–water partition coefficient (Wildman–Crippen LogP) is 4.76. The topological polar surface area (TPSA) is 64.3 Å². The van der Waals surface area contributed by atoms with Crippen molar-refractivity contribution in [1.82, 2.24) is 25.3 Å². The maximum Gasteiger partial charge on any atom is 0.317 e. The lowest BCUT2D eigenvalue weighted by molar-refractivity contribution is 0.162. The molecule has 8 heteroatoms. The average Bonchev–Trinajstić information content (AvgIpc) is 3.50. The van der Waals surface area contributed by atoms with Gasteiger partial charge in [-0.15, -0.1) is 11.3 Å². The molecule has 0 saturated carbocycles. The lowest BCUT2D eigenvalue weighted by Crippen LogP contribution is -2.44. The summed E-state index contributed by atoms with van der Waals surface area (Å²) in [6.07, 6.45) is 3.95. The fraction of sp³-hybridized carbons (Fsp3) is 0.440. The summed E-state index contributed by atoms with van der Waals surface area (Å²) in [5.74, 6) is 0.232. The SMILES string of the molecule is CN(CCCc1cc(-c2cccc(F)c2)n[nH]1)C(=O)NC[C@H]1CCCN(Cc2cccs2)C1. The van der Waals surface area contributed by atoms with Crippen LogP contribution >= 0.6 is 11.3 Å². The maximum atomic E-state index is 13.4. The molecule has 2 N–H and O–H groups in total. The van der Waals surface area contributed by atoms with Crippen LogP contribution < -0.4 is 5.32 Å². The molecule has 4 rings (SSSR count). The van der Waals surface area contributed by atoms with Gasteiger partial charge < -0.3 is 10.2 Å². The van der Waals surface area contributed by atoms with E-state index >= 15 is 0 Å². The molecule has 0 bridgehead atoms. The second-order valence-corrected chi connectivity index (χ2v) is 9.85. The van der Waals surface area contributed by atoms with E-state index in [0.717, 1.165) is 56.0 Å². The molecule has 2 aromatic heterocycles. The van der Waals surface area contributed by atoms with Gasteiger partial charge in [-0.1, -0.05) is 18.2 Å². The molecule has 1 saturated heterocycles. The van der Waals surface area contributed by atoms with Crippen molar-refractivity contribution < 1.29 is 9.18 Å². The van der Waals surface area contributed by atoms with Gasteiger partial charge in [-0.2, -0.15) is 5.10 Å². The maximum absolute atomic E-state index is 13.4. The van der Waals surface area contributed by atoms with Crippen LogP contribution in [0.25, 0.3) is 11.3 Å². The molecule has 1 aliphatic heterocycles. The highest BCUT2D eigenvalue weighted by Gasteiger charge is 2.21. The summed E-state index contributed by atoms with van der Waals surface area (Å²) < 4.78 is 13.4. The highest BCUT2D eigenvalue weighted by Crippen LogP contribution is 2.21. The zero-order valence-corrected chi connectivity index (χ0v) is 19.9. The number of piperidine rings is 1. The smallest absolute Gasteiger partial charge is 0.317 e. The second-order valence-electron chi connectivity index (χ2n) is 8.82. The molecular weight excluding hydrogens is 437 g/mol. The van der Waals surface area contributed by atoms with E-state index in [1.165, 1.54) is 29.9 Å². The first-order valence-corrected chi connectivity index (χ1v) is 12.5. The molecule has 0 aliphatic carbocycles. The van der Waals surface area contributed by atoms with E-state index in [4.69, 9.17) is 0 Å². The van der Waals surface area contributed by atoms with Crippen molar-refractivity contribution in [3.05, 3.63) is 64.2 Å². The number of aryl methyl sites for hydroxylation is 1. The fourth-order valence-electron chi connectivity index (χ4n) is 4.34. The van der Waals surface area contributed by atoms with Crippen LogP contribution in [0.2, 0.25) is 0 Å². The van der Waals surface area contributed by atoms with Crippen LogP contribution in [0, 0.1) is 11.7 Å². The number of nitrogens with one attached hydrogen (secondary N) is 2. The molecule has 176 valence electrons. The van der Waals surface area contributed by atoms with Crippen LogP contribution in [-0.2, 0) is 13.0 Å². The number of urea groups is 1. The molecule has 3 heterocycles. The summed E-state index contributed by atoms with van der Waals surface area (Å²) in [5, 5.41) is 12.5. The minimum atomic E-state index is -0.270. The Hall–Kier alpha value is -2.71. The number of halogens is 1. The zero-order chi connectivity index (χ0) is 23.0. The van der Waals surface area contributed by atoms with E-state index < -0.39 is 0 Å². The van der Waals surface area contributed by atoms with Gasteiger partial charge >= 0.3 is 6.03 Å². The van der Waals surface area contributed by atoms with Crippen LogP contribution in [0.5, 0.6) is 0 Å². The monoisotopic (exact) mass is 469 g/mol. The molecule has 0 radical (unpaired) electrons. The molecule has 2 amide bonds. The van der Waals surface area contributed by atoms with Gasteiger partial charge in [0.05, 0.1) is 5.69 Å². The molecule has 1 aliphatic rings. The molecular formula is C25H32FN5OS. The number of thiophene rings is 1. The number of carbonyl (C=O) groups excluding carboxylic acids is 1. The van der Waals surface area contributed by atoms with Crippen LogP contribution in [-0.4, -0.2) is 59.3 Å². The summed E-state index contributed by atoms with van der Waals surface area (Å²) in [4.78, 5) is 18.2. The van der Waals surface area contributed by atoms with E-state index in [1.807, 2.05) is 30.5 Å². The quantitative estimate of drug-likeness (QED) is 0.475. The summed E-state index contributed by atoms with van der Waals surface area (Å²) in [5.41, 5.74) is 2.47. The molecule has 1 atom stereocenters. The molecule has 6 nitrogen and oxygen atoms in total. The largest absolute Gasteiger partial charge is 0.338 e. The number of benzene rings is 1. The number of aromatic nitrogens is 2. The number of aromatic amines is 1. The highest BCUT2D eigenvalue weighted by atomic mass is 32.1. The summed E-state index contributed by atoms with van der Waals surface area (Å²) in [6.45, 7) is 4.57. The first kappa shape index (κ1) is 23.4. The van der Waals surface area contributed by atoms with Crippen LogP contribution in [0.4, 0.5) is 9.18 Å². The van der Waals surface area contributed by atoms with E-state index in [-0.39, 0.29) is 11.8 Å². The predicted molar refractivity (Wildman–Crippen MR) is 131 cm³/mol. The molecule has 3 aromatic rings. The van der Waals surface area contributed by atoms with Crippen molar-refractivity contribution in [3.63, 3.8) is 0 Å². The zero-order valence-electron chi connectivity index (χ0n) is 19.1. The van der Waals surface area contributed by atoms with Gasteiger partial charge in [0, 0.05) is 49.4 Å². The number of nitrogens with zero attached hydrogens (tertiary/aromatic N) is 3. The minimum Gasteiger partial charge on any atom is -0.338 e. The van der Waals surface area contributed by atoms with Crippen molar-refractivity contribution in [1.29, 1.82) is 0 Å². The number of hydrogen-bond acceptors (Lipinski definition) is 4. The molecule has 33 heavy (non-hydrogen) atoms. The third-order valence-corrected chi connectivity index (χ3v) is 7.00. The Bertz CT molecular complexity index is 1020. The summed E-state index contributed by atoms with van der Waals surface area (Å²) in [6, 6.07) is 12.6. The minimum absolute atomic E-state index is 0.0181. The first-order chi connectivity index (χ1) is 16.1. The van der Waals surface area contributed by atoms with E-state index in [1.54, 1.807) is 11.0 Å². The van der Waals surface area contributed by atoms with Gasteiger partial charge in [0.1, 0.15) is 5.82 Å². The Balaban J connectivity index is 1.16. The third-order valence-electron chi connectivity index (χ3n) is 6.14. The molecule has 1 aromatic carbocycles. The van der Waals surface area contributed by atoms with E-state index in [0.29, 0.717) is 12.5 Å². The second kappa shape index (κ2) is 11.4. The lowest BCUT2D eigenvalue weighted by atomic mass is 9.98. The van der Waals surface area contributed by atoms with Crippen molar-refractivity contribution in [2.75, 3.05) is 33.2 Å². The van der Waals surface area contributed by atoms with E-state index in [2.05, 4.69) is 37.9 Å². The van der Waals surface area contributed by atoms with Crippen molar-refractivity contribution in [2.24, 2.45) is 5.92 Å². The van der Waals surface area contributed by atoms with Crippen molar-refractivity contribution in [3.8, 4) is 11.3 Å².